The van der Waals surface area contributed by atoms with Gasteiger partial charge >= 0.3 is 0 Å². The van der Waals surface area contributed by atoms with Crippen molar-refractivity contribution in [2.45, 2.75) is 18.8 Å². The van der Waals surface area contributed by atoms with Crippen LogP contribution in [0, 0.1) is 6.92 Å². The van der Waals surface area contributed by atoms with E-state index in [0.29, 0.717) is 0 Å². The second kappa shape index (κ2) is 7.97. The fourth-order valence-corrected chi connectivity index (χ4v) is 5.81. The average molecular weight is 458 g/mol. The van der Waals surface area contributed by atoms with Crippen LogP contribution in [0.1, 0.15) is 28.7 Å². The topological polar surface area (TPSA) is 12.9 Å². The number of aromatic nitrogens is 1. The highest BCUT2D eigenvalue weighted by molar-refractivity contribution is 6.31. The van der Waals surface area contributed by atoms with Crippen LogP contribution in [-0.4, -0.2) is 4.98 Å². The summed E-state index contributed by atoms with van der Waals surface area (Å²) in [5.74, 6) is 0. The minimum Gasteiger partial charge on any atom is -0.247 e. The van der Waals surface area contributed by atoms with Crippen LogP contribution in [0.25, 0.3) is 33.3 Å². The lowest BCUT2D eigenvalue weighted by Gasteiger charge is -2.33. The molecule has 0 spiro atoms. The normalized spacial score (nSPS) is 16.3. The van der Waals surface area contributed by atoms with Crippen molar-refractivity contribution in [3.8, 4) is 22.4 Å². The molecule has 2 heteroatoms. The molecular formula is C32H24ClN. The third kappa shape index (κ3) is 2.97. The van der Waals surface area contributed by atoms with Gasteiger partial charge in [-0.1, -0.05) is 102 Å². The zero-order valence-corrected chi connectivity index (χ0v) is 19.8. The molecule has 1 heterocycles. The molecule has 1 aliphatic rings. The Balaban J connectivity index is 1.85. The molecule has 1 aliphatic carbocycles. The summed E-state index contributed by atoms with van der Waals surface area (Å²) in [4.78, 5) is 5.21. The molecule has 0 N–H and O–H groups in total. The van der Waals surface area contributed by atoms with Gasteiger partial charge in [0.1, 0.15) is 0 Å². The molecular weight excluding hydrogens is 434 g/mol. The summed E-state index contributed by atoms with van der Waals surface area (Å²) in [6, 6.07) is 34.3. The smallest absolute Gasteiger partial charge is 0.0791 e. The van der Waals surface area contributed by atoms with E-state index in [2.05, 4.69) is 92.4 Å². The van der Waals surface area contributed by atoms with Crippen LogP contribution in [0.2, 0.25) is 5.02 Å². The van der Waals surface area contributed by atoms with Gasteiger partial charge in [0, 0.05) is 21.5 Å². The van der Waals surface area contributed by atoms with Crippen LogP contribution in [0.5, 0.6) is 0 Å². The molecule has 0 fully saturated rings. The molecule has 1 aromatic heterocycles. The van der Waals surface area contributed by atoms with E-state index < -0.39 is 0 Å². The molecule has 0 saturated carbocycles. The molecule has 5 aromatic rings. The first kappa shape index (κ1) is 20.9. The van der Waals surface area contributed by atoms with Gasteiger partial charge in [0.15, 0.2) is 0 Å². The number of benzene rings is 4. The van der Waals surface area contributed by atoms with Crippen molar-refractivity contribution in [2.24, 2.45) is 0 Å². The van der Waals surface area contributed by atoms with Gasteiger partial charge in [-0.3, -0.25) is 0 Å². The van der Waals surface area contributed by atoms with Crippen molar-refractivity contribution in [3.05, 3.63) is 137 Å². The molecule has 1 nitrogen and oxygen atoms in total. The monoisotopic (exact) mass is 457 g/mol. The summed E-state index contributed by atoms with van der Waals surface area (Å²) < 4.78 is 0. The van der Waals surface area contributed by atoms with E-state index in [4.69, 9.17) is 16.6 Å². The fourth-order valence-electron chi connectivity index (χ4n) is 5.64. The van der Waals surface area contributed by atoms with Gasteiger partial charge in [-0.25, -0.2) is 4.98 Å². The predicted molar refractivity (Wildman–Crippen MR) is 143 cm³/mol. The summed E-state index contributed by atoms with van der Waals surface area (Å²) in [5.41, 5.74) is 10.2. The fraction of sp³-hybridized carbons (Fsp3) is 0.0938. The lowest BCUT2D eigenvalue weighted by molar-refractivity contribution is 0.650. The van der Waals surface area contributed by atoms with Crippen LogP contribution in [0.4, 0.5) is 0 Å². The molecule has 164 valence electrons. The standard InChI is InChI=1S/C32H24ClN/c1-3-19-32(23-15-13-21(2)14-16-23)27-12-8-7-11-25(27)29-30(32)26-20-24(33)17-18-28(26)34-31(29)22-9-5-4-6-10-22/h3-18,20H,1,19H2,2H3. The molecule has 0 saturated heterocycles. The molecule has 4 aromatic carbocycles. The first-order chi connectivity index (χ1) is 16.6. The maximum atomic E-state index is 6.58. The first-order valence-corrected chi connectivity index (χ1v) is 12.0. The van der Waals surface area contributed by atoms with E-state index in [1.54, 1.807) is 0 Å². The van der Waals surface area contributed by atoms with Crippen molar-refractivity contribution in [3.63, 3.8) is 0 Å². The summed E-state index contributed by atoms with van der Waals surface area (Å²) in [7, 11) is 0. The van der Waals surface area contributed by atoms with Gasteiger partial charge in [0.25, 0.3) is 0 Å². The van der Waals surface area contributed by atoms with Crippen molar-refractivity contribution in [2.75, 3.05) is 0 Å². The molecule has 0 radical (unpaired) electrons. The number of pyridine rings is 1. The summed E-state index contributed by atoms with van der Waals surface area (Å²) in [6.45, 7) is 6.33. The largest absolute Gasteiger partial charge is 0.247 e. The lowest BCUT2D eigenvalue weighted by atomic mass is 9.69. The number of nitrogens with zero attached hydrogens (tertiary/aromatic N) is 1. The zero-order chi connectivity index (χ0) is 23.3. The van der Waals surface area contributed by atoms with Crippen LogP contribution in [-0.2, 0) is 5.41 Å². The second-order valence-corrected chi connectivity index (χ2v) is 9.48. The third-order valence-electron chi connectivity index (χ3n) is 7.07. The van der Waals surface area contributed by atoms with Gasteiger partial charge in [0.05, 0.1) is 16.6 Å². The number of rotatable bonds is 4. The van der Waals surface area contributed by atoms with E-state index in [1.807, 2.05) is 24.3 Å². The molecule has 34 heavy (non-hydrogen) atoms. The summed E-state index contributed by atoms with van der Waals surface area (Å²) in [5, 5.41) is 1.82. The van der Waals surface area contributed by atoms with Gasteiger partial charge in [-0.2, -0.15) is 0 Å². The van der Waals surface area contributed by atoms with Gasteiger partial charge in [0.2, 0.25) is 0 Å². The maximum absolute atomic E-state index is 6.58. The number of allylic oxidation sites excluding steroid dienone is 1. The van der Waals surface area contributed by atoms with Crippen molar-refractivity contribution in [1.29, 1.82) is 0 Å². The quantitative estimate of drug-likeness (QED) is 0.246. The Bertz CT molecular complexity index is 1550. The minimum absolute atomic E-state index is 0.378. The Labute approximate surface area is 205 Å². The summed E-state index contributed by atoms with van der Waals surface area (Å²) >= 11 is 6.58. The Morgan fingerprint density at radius 1 is 0.882 bits per heavy atom. The van der Waals surface area contributed by atoms with Crippen LogP contribution in [0.15, 0.2) is 110 Å². The number of fused-ring (bicyclic) bond motifs is 5. The van der Waals surface area contributed by atoms with Crippen molar-refractivity contribution in [1.82, 2.24) is 4.98 Å². The van der Waals surface area contributed by atoms with Crippen molar-refractivity contribution >= 4 is 22.5 Å². The Hall–Kier alpha value is -3.68. The molecule has 0 amide bonds. The maximum Gasteiger partial charge on any atom is 0.0791 e. The first-order valence-electron chi connectivity index (χ1n) is 11.6. The highest BCUT2D eigenvalue weighted by Gasteiger charge is 2.46. The lowest BCUT2D eigenvalue weighted by Crippen LogP contribution is -2.26. The Morgan fingerprint density at radius 3 is 2.38 bits per heavy atom. The third-order valence-corrected chi connectivity index (χ3v) is 7.31. The number of hydrogen-bond donors (Lipinski definition) is 0. The molecule has 6 rings (SSSR count). The molecule has 1 unspecified atom stereocenters. The summed E-state index contributed by atoms with van der Waals surface area (Å²) in [6.07, 6.45) is 2.82. The zero-order valence-electron chi connectivity index (χ0n) is 19.1. The van der Waals surface area contributed by atoms with E-state index >= 15 is 0 Å². The highest BCUT2D eigenvalue weighted by Crippen LogP contribution is 2.58. The highest BCUT2D eigenvalue weighted by atomic mass is 35.5. The van der Waals surface area contributed by atoms with Gasteiger partial charge in [-0.05, 0) is 53.8 Å². The van der Waals surface area contributed by atoms with Gasteiger partial charge < -0.3 is 0 Å². The Kier molecular flexibility index (Phi) is 4.90. The van der Waals surface area contributed by atoms with E-state index in [1.165, 1.54) is 33.4 Å². The van der Waals surface area contributed by atoms with Crippen molar-refractivity contribution < 1.29 is 0 Å². The van der Waals surface area contributed by atoms with Crippen LogP contribution in [0.3, 0.4) is 0 Å². The number of hydrogen-bond acceptors (Lipinski definition) is 1. The number of halogens is 1. The van der Waals surface area contributed by atoms with E-state index in [9.17, 15) is 0 Å². The van der Waals surface area contributed by atoms with Crippen LogP contribution < -0.4 is 0 Å². The SMILES string of the molecule is C=CCC1(c2ccc(C)cc2)c2ccccc2-c2c(-c3ccccc3)nc3ccc(Cl)cc3c21. The number of aryl methyl sites for hydroxylation is 1. The molecule has 1 atom stereocenters. The predicted octanol–water partition coefficient (Wildman–Crippen LogP) is 8.75. The minimum atomic E-state index is -0.378. The average Bonchev–Trinajstić information content (AvgIpc) is 3.16. The second-order valence-electron chi connectivity index (χ2n) is 9.05. The van der Waals surface area contributed by atoms with Gasteiger partial charge in [-0.15, -0.1) is 6.58 Å². The van der Waals surface area contributed by atoms with E-state index in [-0.39, 0.29) is 5.41 Å². The van der Waals surface area contributed by atoms with E-state index in [0.717, 1.165) is 33.6 Å². The molecule has 0 bridgehead atoms. The molecule has 0 aliphatic heterocycles. The van der Waals surface area contributed by atoms with Crippen LogP contribution >= 0.6 is 11.6 Å². The Morgan fingerprint density at radius 2 is 1.62 bits per heavy atom.